The third-order valence-corrected chi connectivity index (χ3v) is 4.48. The minimum absolute atomic E-state index is 0.318. The van der Waals surface area contributed by atoms with Crippen LogP contribution < -0.4 is 0 Å². The number of likely N-dealkylation sites (N-methyl/N-ethyl adjacent to an activating group) is 1. The Balaban J connectivity index is 1.66. The highest BCUT2D eigenvalue weighted by atomic mass is 16.5. The molecule has 1 unspecified atom stereocenters. The van der Waals surface area contributed by atoms with Gasteiger partial charge in [-0.15, -0.1) is 0 Å². The summed E-state index contributed by atoms with van der Waals surface area (Å²) in [5.74, 6) is 0. The molecule has 0 aliphatic carbocycles. The molecule has 0 saturated carbocycles. The highest BCUT2D eigenvalue weighted by molar-refractivity contribution is 5.04. The zero-order valence-corrected chi connectivity index (χ0v) is 12.4. The Hall–Kier alpha value is -0.970. The molecular weight excluding hydrogens is 250 g/mol. The Bertz CT molecular complexity index is 425. The van der Waals surface area contributed by atoms with Gasteiger partial charge < -0.3 is 9.64 Å². The van der Waals surface area contributed by atoms with E-state index in [9.17, 15) is 0 Å². The fraction of sp³-hybridized carbons (Fsp3) is 0.688. The van der Waals surface area contributed by atoms with E-state index >= 15 is 0 Å². The molecule has 1 spiro atoms. The topological polar surface area (TPSA) is 28.6 Å². The third-order valence-electron chi connectivity index (χ3n) is 4.48. The second-order valence-corrected chi connectivity index (χ2v) is 6.43. The quantitative estimate of drug-likeness (QED) is 0.820. The molecule has 0 bridgehead atoms. The minimum atomic E-state index is 0.318. The molecule has 2 saturated heterocycles. The number of hydrogen-bond acceptors (Lipinski definition) is 4. The Kier molecular flexibility index (Phi) is 4.34. The van der Waals surface area contributed by atoms with Crippen molar-refractivity contribution in [3.05, 3.63) is 30.1 Å². The SMILES string of the molecule is CN1CCOCC2(CCCN(Cc3ccccn3)C2)C1. The van der Waals surface area contributed by atoms with Gasteiger partial charge in [-0.2, -0.15) is 0 Å². The summed E-state index contributed by atoms with van der Waals surface area (Å²) in [4.78, 5) is 9.43. The maximum atomic E-state index is 5.87. The van der Waals surface area contributed by atoms with Gasteiger partial charge in [0.1, 0.15) is 0 Å². The average molecular weight is 275 g/mol. The molecule has 4 heteroatoms. The number of hydrogen-bond donors (Lipinski definition) is 0. The lowest BCUT2D eigenvalue weighted by molar-refractivity contribution is 0.00413. The van der Waals surface area contributed by atoms with E-state index in [4.69, 9.17) is 4.74 Å². The second-order valence-electron chi connectivity index (χ2n) is 6.43. The molecule has 1 aromatic heterocycles. The largest absolute Gasteiger partial charge is 0.379 e. The van der Waals surface area contributed by atoms with Crippen molar-refractivity contribution in [1.82, 2.24) is 14.8 Å². The number of pyridine rings is 1. The van der Waals surface area contributed by atoms with Crippen molar-refractivity contribution in [3.63, 3.8) is 0 Å². The lowest BCUT2D eigenvalue weighted by Crippen LogP contribution is -2.49. The maximum Gasteiger partial charge on any atom is 0.0593 e. The predicted molar refractivity (Wildman–Crippen MR) is 79.5 cm³/mol. The molecular formula is C16H25N3O. The molecule has 3 rings (SSSR count). The third kappa shape index (κ3) is 3.37. The van der Waals surface area contributed by atoms with Crippen LogP contribution in [0.2, 0.25) is 0 Å². The second kappa shape index (κ2) is 6.20. The average Bonchev–Trinajstić information content (AvgIpc) is 2.62. The first-order chi connectivity index (χ1) is 9.76. The summed E-state index contributed by atoms with van der Waals surface area (Å²) in [6.07, 6.45) is 4.44. The van der Waals surface area contributed by atoms with E-state index < -0.39 is 0 Å². The van der Waals surface area contributed by atoms with Crippen molar-refractivity contribution in [2.75, 3.05) is 46.4 Å². The summed E-state index contributed by atoms with van der Waals surface area (Å²) in [6.45, 7) is 7.28. The fourth-order valence-electron chi connectivity index (χ4n) is 3.62. The highest BCUT2D eigenvalue weighted by Gasteiger charge is 2.38. The lowest BCUT2D eigenvalue weighted by atomic mass is 9.80. The van der Waals surface area contributed by atoms with Crippen molar-refractivity contribution >= 4 is 0 Å². The van der Waals surface area contributed by atoms with Crippen molar-refractivity contribution in [1.29, 1.82) is 0 Å². The van der Waals surface area contributed by atoms with E-state index in [1.165, 1.54) is 25.1 Å². The standard InChI is InChI=1S/C16H25N3O/c1-18-9-10-20-14-16(12-18)6-4-8-19(13-16)11-15-5-2-3-7-17-15/h2-3,5,7H,4,6,8-14H2,1H3. The zero-order valence-electron chi connectivity index (χ0n) is 12.4. The van der Waals surface area contributed by atoms with E-state index in [0.717, 1.165) is 39.4 Å². The van der Waals surface area contributed by atoms with Gasteiger partial charge in [-0.05, 0) is 38.6 Å². The molecule has 0 aromatic carbocycles. The van der Waals surface area contributed by atoms with Gasteiger partial charge in [-0.1, -0.05) is 6.07 Å². The van der Waals surface area contributed by atoms with Crippen LogP contribution in [0.5, 0.6) is 0 Å². The zero-order chi connectivity index (χ0) is 13.8. The fourth-order valence-corrected chi connectivity index (χ4v) is 3.62. The molecule has 0 N–H and O–H groups in total. The van der Waals surface area contributed by atoms with Gasteiger partial charge in [0.05, 0.1) is 18.9 Å². The van der Waals surface area contributed by atoms with Crippen LogP contribution in [0.3, 0.4) is 0 Å². The molecule has 0 amide bonds. The van der Waals surface area contributed by atoms with Crippen LogP contribution in [-0.2, 0) is 11.3 Å². The van der Waals surface area contributed by atoms with E-state index in [2.05, 4.69) is 34.0 Å². The highest BCUT2D eigenvalue weighted by Crippen LogP contribution is 2.33. The van der Waals surface area contributed by atoms with Gasteiger partial charge in [-0.3, -0.25) is 9.88 Å². The molecule has 110 valence electrons. The van der Waals surface area contributed by atoms with Crippen molar-refractivity contribution in [2.45, 2.75) is 19.4 Å². The minimum Gasteiger partial charge on any atom is -0.379 e. The normalized spacial score (nSPS) is 29.4. The van der Waals surface area contributed by atoms with Crippen LogP contribution in [0.25, 0.3) is 0 Å². The molecule has 3 heterocycles. The Morgan fingerprint density at radius 3 is 3.10 bits per heavy atom. The number of rotatable bonds is 2. The van der Waals surface area contributed by atoms with Crippen LogP contribution in [0.1, 0.15) is 18.5 Å². The molecule has 4 nitrogen and oxygen atoms in total. The van der Waals surface area contributed by atoms with Gasteiger partial charge in [0, 0.05) is 37.8 Å². The number of piperidine rings is 1. The summed E-state index contributed by atoms with van der Waals surface area (Å²) < 4.78 is 5.87. The van der Waals surface area contributed by atoms with E-state index in [1.807, 2.05) is 12.3 Å². The van der Waals surface area contributed by atoms with Crippen molar-refractivity contribution in [3.8, 4) is 0 Å². The maximum absolute atomic E-state index is 5.87. The Morgan fingerprint density at radius 2 is 2.25 bits per heavy atom. The first-order valence-corrected chi connectivity index (χ1v) is 7.64. The molecule has 2 aliphatic heterocycles. The van der Waals surface area contributed by atoms with Crippen molar-refractivity contribution in [2.24, 2.45) is 5.41 Å². The predicted octanol–water partition coefficient (Wildman–Crippen LogP) is 1.63. The van der Waals surface area contributed by atoms with Gasteiger partial charge in [0.15, 0.2) is 0 Å². The van der Waals surface area contributed by atoms with E-state index in [0.29, 0.717) is 5.41 Å². The molecule has 2 fully saturated rings. The van der Waals surface area contributed by atoms with Crippen LogP contribution >= 0.6 is 0 Å². The smallest absolute Gasteiger partial charge is 0.0593 e. The molecule has 0 radical (unpaired) electrons. The summed E-state index contributed by atoms with van der Waals surface area (Å²) in [5.41, 5.74) is 1.49. The monoisotopic (exact) mass is 275 g/mol. The molecule has 1 aromatic rings. The van der Waals surface area contributed by atoms with Crippen molar-refractivity contribution < 1.29 is 4.74 Å². The van der Waals surface area contributed by atoms with Gasteiger partial charge in [0.25, 0.3) is 0 Å². The number of likely N-dealkylation sites (tertiary alicyclic amines) is 1. The first-order valence-electron chi connectivity index (χ1n) is 7.64. The van der Waals surface area contributed by atoms with E-state index in [-0.39, 0.29) is 0 Å². The summed E-state index contributed by atoms with van der Waals surface area (Å²) >= 11 is 0. The van der Waals surface area contributed by atoms with Gasteiger partial charge in [0.2, 0.25) is 0 Å². The number of nitrogens with zero attached hydrogens (tertiary/aromatic N) is 3. The van der Waals surface area contributed by atoms with Crippen LogP contribution in [0.15, 0.2) is 24.4 Å². The van der Waals surface area contributed by atoms with Gasteiger partial charge in [-0.25, -0.2) is 0 Å². The molecule has 20 heavy (non-hydrogen) atoms. The van der Waals surface area contributed by atoms with Gasteiger partial charge >= 0.3 is 0 Å². The molecule has 2 aliphatic rings. The summed E-state index contributed by atoms with van der Waals surface area (Å²) in [5, 5.41) is 0. The lowest BCUT2D eigenvalue weighted by Gasteiger charge is -2.43. The summed E-state index contributed by atoms with van der Waals surface area (Å²) in [7, 11) is 2.22. The first kappa shape index (κ1) is 14.0. The summed E-state index contributed by atoms with van der Waals surface area (Å²) in [6, 6.07) is 6.18. The Labute approximate surface area is 121 Å². The van der Waals surface area contributed by atoms with E-state index in [1.54, 1.807) is 0 Å². The van der Waals surface area contributed by atoms with Crippen LogP contribution in [0.4, 0.5) is 0 Å². The number of ether oxygens (including phenoxy) is 1. The number of aromatic nitrogens is 1. The van der Waals surface area contributed by atoms with Crippen LogP contribution in [-0.4, -0.2) is 61.2 Å². The molecule has 1 atom stereocenters. The Morgan fingerprint density at radius 1 is 1.30 bits per heavy atom. The van der Waals surface area contributed by atoms with Crippen LogP contribution in [0, 0.1) is 5.41 Å².